The van der Waals surface area contributed by atoms with Crippen LogP contribution in [0, 0.1) is 29.6 Å². The Kier molecular flexibility index (Phi) is 15.5. The molecule has 0 saturated carbocycles. The Labute approximate surface area is 296 Å². The van der Waals surface area contributed by atoms with Crippen molar-refractivity contribution in [2.45, 2.75) is 108 Å². The van der Waals surface area contributed by atoms with Crippen molar-refractivity contribution in [3.63, 3.8) is 0 Å². The SMILES string of the molecule is CC[C@@H]1C#CC[C@H]([C@H](O)CCc2ccc(O)c(O[C@H](C[C@H](Cc3ccc[nH]3)C3=CCNC(N)=C3)[C@H](O)CO)c2)[C@@H](O)CC[C@@H](NC[C@H](C)O)C1. The van der Waals surface area contributed by atoms with Gasteiger partial charge in [-0.15, -0.1) is 5.92 Å². The second kappa shape index (κ2) is 19.8. The zero-order valence-corrected chi connectivity index (χ0v) is 29.5. The quantitative estimate of drug-likeness (QED) is 0.110. The zero-order valence-electron chi connectivity index (χ0n) is 29.5. The van der Waals surface area contributed by atoms with Gasteiger partial charge in [-0.05, 0) is 106 Å². The lowest BCUT2D eigenvalue weighted by Gasteiger charge is -2.30. The molecule has 11 nitrogen and oxygen atoms in total. The second-order valence-corrected chi connectivity index (χ2v) is 14.0. The summed E-state index contributed by atoms with van der Waals surface area (Å²) in [6, 6.07) is 9.03. The number of benzene rings is 1. The van der Waals surface area contributed by atoms with Crippen LogP contribution in [0.15, 0.2) is 60.1 Å². The molecule has 0 fully saturated rings. The van der Waals surface area contributed by atoms with Gasteiger partial charge in [0.1, 0.15) is 12.2 Å². The first kappa shape index (κ1) is 39.3. The van der Waals surface area contributed by atoms with Gasteiger partial charge in [0, 0.05) is 49.3 Å². The summed E-state index contributed by atoms with van der Waals surface area (Å²) in [6.07, 6.45) is 6.90. The monoisotopic (exact) mass is 694 g/mol. The minimum atomic E-state index is -1.21. The van der Waals surface area contributed by atoms with Crippen molar-refractivity contribution in [1.82, 2.24) is 15.6 Å². The average molecular weight is 695 g/mol. The third kappa shape index (κ3) is 12.1. The van der Waals surface area contributed by atoms with Crippen LogP contribution in [0.25, 0.3) is 0 Å². The van der Waals surface area contributed by atoms with Crippen molar-refractivity contribution in [3.8, 4) is 23.3 Å². The molecule has 2 aromatic rings. The van der Waals surface area contributed by atoms with Gasteiger partial charge in [0.05, 0.1) is 30.7 Å². The van der Waals surface area contributed by atoms with Crippen molar-refractivity contribution in [2.75, 3.05) is 19.7 Å². The molecule has 2 heterocycles. The lowest BCUT2D eigenvalue weighted by molar-refractivity contribution is -0.0104. The molecule has 0 saturated heterocycles. The number of aromatic nitrogens is 1. The summed E-state index contributed by atoms with van der Waals surface area (Å²) >= 11 is 0. The van der Waals surface area contributed by atoms with E-state index in [1.54, 1.807) is 19.1 Å². The van der Waals surface area contributed by atoms with Crippen LogP contribution in [-0.4, -0.2) is 91.9 Å². The molecule has 4 rings (SSSR count). The Morgan fingerprint density at radius 2 is 1.98 bits per heavy atom. The molecule has 1 aromatic heterocycles. The summed E-state index contributed by atoms with van der Waals surface area (Å²) in [7, 11) is 0. The van der Waals surface area contributed by atoms with Crippen LogP contribution in [0.3, 0.4) is 0 Å². The molecule has 11 heteroatoms. The van der Waals surface area contributed by atoms with E-state index in [1.165, 1.54) is 6.07 Å². The van der Waals surface area contributed by atoms with Gasteiger partial charge in [-0.25, -0.2) is 0 Å². The molecule has 1 aliphatic carbocycles. The van der Waals surface area contributed by atoms with E-state index in [4.69, 9.17) is 10.5 Å². The smallest absolute Gasteiger partial charge is 0.161 e. The Balaban J connectivity index is 1.45. The first-order chi connectivity index (χ1) is 24.1. The zero-order chi connectivity index (χ0) is 36.0. The molecule has 1 aromatic carbocycles. The van der Waals surface area contributed by atoms with E-state index >= 15 is 0 Å². The highest BCUT2D eigenvalue weighted by molar-refractivity contribution is 5.42. The van der Waals surface area contributed by atoms with Crippen molar-refractivity contribution >= 4 is 0 Å². The number of rotatable bonds is 17. The van der Waals surface area contributed by atoms with Crippen LogP contribution >= 0.6 is 0 Å². The van der Waals surface area contributed by atoms with E-state index in [-0.39, 0.29) is 29.4 Å². The summed E-state index contributed by atoms with van der Waals surface area (Å²) in [5.74, 6) is 6.90. The molecule has 50 heavy (non-hydrogen) atoms. The van der Waals surface area contributed by atoms with E-state index in [0.717, 1.165) is 36.1 Å². The normalized spacial score (nSPS) is 24.3. The molecular formula is C39H58N4O7. The summed E-state index contributed by atoms with van der Waals surface area (Å²) in [6.45, 7) is 4.39. The highest BCUT2D eigenvalue weighted by Gasteiger charge is 2.30. The number of aromatic amines is 1. The standard InChI is InChI=1S/C39H58N4O7/c1-3-26-6-4-8-32(34(47)14-11-31(18-26)43-23-25(2)45)33(46)12-9-27-10-13-35(48)37(19-27)50-38(36(49)24-44)21-29(20-30-7-5-16-41-30)28-15-17-42-39(40)22-28/h5,7,10,13,15-16,19,22,25-26,29,31-34,36,38,41-49H,3,8-9,11-12,14,17-18,20-21,23-24,40H2,1-2H3/t25-,26+,29-,31+,32+,33+,34-,36+,38+/m0/s1. The first-order valence-electron chi connectivity index (χ1n) is 18.1. The van der Waals surface area contributed by atoms with Gasteiger partial charge in [0.15, 0.2) is 11.5 Å². The summed E-state index contributed by atoms with van der Waals surface area (Å²) < 4.78 is 6.26. The topological polar surface area (TPSA) is 196 Å². The number of allylic oxidation sites excluding steroid dienone is 2. The minimum Gasteiger partial charge on any atom is -0.504 e. The van der Waals surface area contributed by atoms with Crippen LogP contribution in [0.4, 0.5) is 0 Å². The number of aliphatic hydroxyl groups is 5. The number of nitrogens with two attached hydrogens (primary N) is 1. The molecule has 1 aliphatic heterocycles. The van der Waals surface area contributed by atoms with Crippen molar-refractivity contribution < 1.29 is 35.4 Å². The van der Waals surface area contributed by atoms with Crippen molar-refractivity contribution in [2.24, 2.45) is 23.5 Å². The van der Waals surface area contributed by atoms with Gasteiger partial charge in [-0.1, -0.05) is 25.0 Å². The number of aliphatic hydroxyl groups excluding tert-OH is 5. The van der Waals surface area contributed by atoms with Gasteiger partial charge in [0.2, 0.25) is 0 Å². The molecule has 0 bridgehead atoms. The van der Waals surface area contributed by atoms with Gasteiger partial charge in [0.25, 0.3) is 0 Å². The fraction of sp³-hybridized carbons (Fsp3) is 0.590. The molecule has 276 valence electrons. The Morgan fingerprint density at radius 3 is 2.68 bits per heavy atom. The number of ether oxygens (including phenoxy) is 1. The number of H-pyrrole nitrogens is 1. The van der Waals surface area contributed by atoms with Crippen LogP contribution in [-0.2, 0) is 12.8 Å². The lowest BCUT2D eigenvalue weighted by Crippen LogP contribution is -2.38. The number of phenolic OH excluding ortho intramolecular Hbond substituents is 1. The van der Waals surface area contributed by atoms with Gasteiger partial charge in [-0.3, -0.25) is 0 Å². The molecule has 0 unspecified atom stereocenters. The molecule has 0 radical (unpaired) electrons. The maximum absolute atomic E-state index is 11.3. The molecule has 0 spiro atoms. The molecular weight excluding hydrogens is 636 g/mol. The highest BCUT2D eigenvalue weighted by atomic mass is 16.5. The molecule has 0 amide bonds. The number of dihydropyridines is 1. The predicted octanol–water partition coefficient (Wildman–Crippen LogP) is 2.61. The third-order valence-electron chi connectivity index (χ3n) is 9.94. The van der Waals surface area contributed by atoms with Gasteiger partial charge < -0.3 is 56.7 Å². The number of aromatic hydroxyl groups is 1. The second-order valence-electron chi connectivity index (χ2n) is 14.0. The summed E-state index contributed by atoms with van der Waals surface area (Å²) in [5.41, 5.74) is 8.89. The van der Waals surface area contributed by atoms with E-state index in [0.29, 0.717) is 57.4 Å². The number of nitrogens with one attached hydrogen (secondary N) is 3. The maximum Gasteiger partial charge on any atom is 0.161 e. The van der Waals surface area contributed by atoms with E-state index in [2.05, 4.69) is 34.4 Å². The van der Waals surface area contributed by atoms with Crippen LogP contribution < -0.4 is 21.1 Å². The van der Waals surface area contributed by atoms with Crippen molar-refractivity contribution in [3.05, 3.63) is 71.3 Å². The molecule has 2 aliphatic rings. The number of hydrogen-bond donors (Lipinski definition) is 10. The lowest BCUT2D eigenvalue weighted by atomic mass is 9.84. The Hall–Kier alpha value is -3.50. The number of phenols is 1. The predicted molar refractivity (Wildman–Crippen MR) is 194 cm³/mol. The number of aryl methyl sites for hydroxylation is 1. The van der Waals surface area contributed by atoms with Crippen LogP contribution in [0.1, 0.15) is 70.1 Å². The fourth-order valence-electron chi connectivity index (χ4n) is 6.89. The largest absolute Gasteiger partial charge is 0.504 e. The van der Waals surface area contributed by atoms with Crippen molar-refractivity contribution in [1.29, 1.82) is 0 Å². The van der Waals surface area contributed by atoms with Crippen LogP contribution in [0.2, 0.25) is 0 Å². The summed E-state index contributed by atoms with van der Waals surface area (Å²) in [4.78, 5) is 3.24. The molecule has 9 atom stereocenters. The van der Waals surface area contributed by atoms with E-state index < -0.39 is 43.0 Å². The molecule has 11 N–H and O–H groups in total. The third-order valence-corrected chi connectivity index (χ3v) is 9.94. The highest BCUT2D eigenvalue weighted by Crippen LogP contribution is 2.33. The van der Waals surface area contributed by atoms with Gasteiger partial charge in [-0.2, -0.15) is 0 Å². The number of hydrogen-bond acceptors (Lipinski definition) is 10. The first-order valence-corrected chi connectivity index (χ1v) is 18.1. The maximum atomic E-state index is 11.3. The van der Waals surface area contributed by atoms with Crippen LogP contribution in [0.5, 0.6) is 11.5 Å². The van der Waals surface area contributed by atoms with Gasteiger partial charge >= 0.3 is 0 Å². The Bertz CT molecular complexity index is 1430. The van der Waals surface area contributed by atoms with E-state index in [9.17, 15) is 30.6 Å². The fourth-order valence-corrected chi connectivity index (χ4v) is 6.89. The Morgan fingerprint density at radius 1 is 1.16 bits per heavy atom. The summed E-state index contributed by atoms with van der Waals surface area (Å²) in [5, 5.41) is 70.4. The average Bonchev–Trinajstić information content (AvgIpc) is 3.62. The van der Waals surface area contributed by atoms with E-state index in [1.807, 2.05) is 30.5 Å². The minimum absolute atomic E-state index is 0.0992.